The summed E-state index contributed by atoms with van der Waals surface area (Å²) in [5.74, 6) is 0.716. The zero-order valence-electron chi connectivity index (χ0n) is 15.8. The molecule has 7 nitrogen and oxygen atoms in total. The van der Waals surface area contributed by atoms with Gasteiger partial charge in [0.2, 0.25) is 5.91 Å². The van der Waals surface area contributed by atoms with Crippen molar-refractivity contribution in [2.45, 2.75) is 39.7 Å². The summed E-state index contributed by atoms with van der Waals surface area (Å²) in [5, 5.41) is 4.09. The lowest BCUT2D eigenvalue weighted by Crippen LogP contribution is -2.36. The smallest absolute Gasteiger partial charge is 0.223 e. The molecule has 1 aliphatic heterocycles. The molecule has 0 bridgehead atoms. The highest BCUT2D eigenvalue weighted by Crippen LogP contribution is 2.34. The maximum absolute atomic E-state index is 12.6. The summed E-state index contributed by atoms with van der Waals surface area (Å²) in [5.41, 5.74) is 2.94. The average Bonchev–Trinajstić information content (AvgIpc) is 3.09. The van der Waals surface area contributed by atoms with Crippen LogP contribution in [0.15, 0.2) is 6.07 Å². The monoisotopic (exact) mass is 387 g/mol. The number of fused-ring (bicyclic) bond motifs is 1. The van der Waals surface area contributed by atoms with Crippen LogP contribution in [0.1, 0.15) is 34.2 Å². The van der Waals surface area contributed by atoms with Gasteiger partial charge in [0.05, 0.1) is 25.5 Å². The van der Waals surface area contributed by atoms with Crippen LogP contribution in [0.5, 0.6) is 0 Å². The van der Waals surface area contributed by atoms with Crippen LogP contribution in [0.4, 0.5) is 5.13 Å². The molecule has 1 unspecified atom stereocenters. The van der Waals surface area contributed by atoms with Gasteiger partial charge in [-0.3, -0.25) is 4.79 Å². The van der Waals surface area contributed by atoms with E-state index in [1.807, 2.05) is 19.9 Å². The number of carbonyl (C=O) groups excluding carboxylic acids is 1. The van der Waals surface area contributed by atoms with Gasteiger partial charge in [0.25, 0.3) is 0 Å². The van der Waals surface area contributed by atoms with Gasteiger partial charge in [0, 0.05) is 41.7 Å². The SMILES string of the molecule is Cc1cc(C)nc(CNC(=O)C2CCc3sc(N4CCOCC4)nc3C2)n1. The summed E-state index contributed by atoms with van der Waals surface area (Å²) in [7, 11) is 0. The number of nitrogens with one attached hydrogen (secondary N) is 1. The van der Waals surface area contributed by atoms with E-state index in [1.165, 1.54) is 4.88 Å². The van der Waals surface area contributed by atoms with Gasteiger partial charge in [-0.05, 0) is 32.8 Å². The topological polar surface area (TPSA) is 80.2 Å². The molecule has 1 fully saturated rings. The van der Waals surface area contributed by atoms with Crippen LogP contribution in [0.25, 0.3) is 0 Å². The standard InChI is InChI=1S/C19H25N5O2S/c1-12-9-13(2)22-17(21-12)11-20-18(25)14-3-4-16-15(10-14)23-19(27-16)24-5-7-26-8-6-24/h9,14H,3-8,10-11H2,1-2H3,(H,20,25). The number of nitrogens with zero attached hydrogens (tertiary/aromatic N) is 4. The van der Waals surface area contributed by atoms with Crippen molar-refractivity contribution in [1.29, 1.82) is 0 Å². The molecule has 0 saturated carbocycles. The zero-order valence-corrected chi connectivity index (χ0v) is 16.6. The van der Waals surface area contributed by atoms with Crippen LogP contribution in [-0.4, -0.2) is 47.2 Å². The first-order valence-electron chi connectivity index (χ1n) is 9.48. The highest BCUT2D eigenvalue weighted by atomic mass is 32.1. The summed E-state index contributed by atoms with van der Waals surface area (Å²) >= 11 is 1.78. The minimum atomic E-state index is -0.0250. The van der Waals surface area contributed by atoms with Crippen LogP contribution in [0.2, 0.25) is 0 Å². The second kappa shape index (κ2) is 7.90. The predicted octanol–water partition coefficient (Wildman–Crippen LogP) is 1.81. The number of carbonyl (C=O) groups is 1. The maximum atomic E-state index is 12.6. The van der Waals surface area contributed by atoms with Gasteiger partial charge >= 0.3 is 0 Å². The molecule has 4 rings (SSSR count). The second-order valence-corrected chi connectivity index (χ2v) is 8.25. The van der Waals surface area contributed by atoms with Crippen molar-refractivity contribution in [2.24, 2.45) is 5.92 Å². The lowest BCUT2D eigenvalue weighted by molar-refractivity contribution is -0.125. The van der Waals surface area contributed by atoms with E-state index >= 15 is 0 Å². The zero-order chi connectivity index (χ0) is 18.8. The average molecular weight is 388 g/mol. The molecule has 27 heavy (non-hydrogen) atoms. The van der Waals surface area contributed by atoms with Gasteiger partial charge < -0.3 is 15.0 Å². The third kappa shape index (κ3) is 4.27. The number of morpholine rings is 1. The number of ether oxygens (including phenoxy) is 1. The van der Waals surface area contributed by atoms with Crippen LogP contribution >= 0.6 is 11.3 Å². The number of thiazole rings is 1. The Hall–Kier alpha value is -2.06. The van der Waals surface area contributed by atoms with Gasteiger partial charge in [-0.2, -0.15) is 0 Å². The number of anilines is 1. The van der Waals surface area contributed by atoms with Gasteiger partial charge in [-0.1, -0.05) is 0 Å². The van der Waals surface area contributed by atoms with E-state index in [2.05, 4.69) is 20.2 Å². The molecule has 1 atom stereocenters. The molecular weight excluding hydrogens is 362 g/mol. The van der Waals surface area contributed by atoms with E-state index in [4.69, 9.17) is 9.72 Å². The second-order valence-electron chi connectivity index (χ2n) is 7.19. The van der Waals surface area contributed by atoms with Gasteiger partial charge in [0.1, 0.15) is 5.82 Å². The van der Waals surface area contributed by atoms with Crippen molar-refractivity contribution in [3.63, 3.8) is 0 Å². The molecule has 2 aromatic heterocycles. The minimum absolute atomic E-state index is 0.0250. The largest absolute Gasteiger partial charge is 0.378 e. The lowest BCUT2D eigenvalue weighted by Gasteiger charge is -2.26. The number of amides is 1. The number of aryl methyl sites for hydroxylation is 3. The normalized spacial score (nSPS) is 19.6. The first kappa shape index (κ1) is 18.3. The van der Waals surface area contributed by atoms with Crippen molar-refractivity contribution in [3.05, 3.63) is 33.8 Å². The molecule has 0 aromatic carbocycles. The van der Waals surface area contributed by atoms with E-state index in [0.29, 0.717) is 12.4 Å². The highest BCUT2D eigenvalue weighted by Gasteiger charge is 2.28. The van der Waals surface area contributed by atoms with Crippen LogP contribution in [-0.2, 0) is 28.9 Å². The Morgan fingerprint density at radius 3 is 2.74 bits per heavy atom. The molecule has 0 radical (unpaired) electrons. The van der Waals surface area contributed by atoms with Gasteiger partial charge in [-0.25, -0.2) is 15.0 Å². The summed E-state index contributed by atoms with van der Waals surface area (Å²) in [6.45, 7) is 7.57. The number of rotatable bonds is 4. The maximum Gasteiger partial charge on any atom is 0.223 e. The van der Waals surface area contributed by atoms with Crippen molar-refractivity contribution in [3.8, 4) is 0 Å². The van der Waals surface area contributed by atoms with E-state index in [1.54, 1.807) is 11.3 Å². The molecule has 2 aromatic rings. The van der Waals surface area contributed by atoms with Crippen molar-refractivity contribution in [1.82, 2.24) is 20.3 Å². The van der Waals surface area contributed by atoms with E-state index in [0.717, 1.165) is 67.8 Å². The molecule has 1 aliphatic carbocycles. The molecular formula is C19H25N5O2S. The lowest BCUT2D eigenvalue weighted by atomic mass is 9.90. The molecule has 1 saturated heterocycles. The third-order valence-corrected chi connectivity index (χ3v) is 6.25. The summed E-state index contributed by atoms with van der Waals surface area (Å²) in [6, 6.07) is 1.93. The Morgan fingerprint density at radius 2 is 2.00 bits per heavy atom. The fraction of sp³-hybridized carbons (Fsp3) is 0.579. The fourth-order valence-electron chi connectivity index (χ4n) is 3.67. The number of aromatic nitrogens is 3. The van der Waals surface area contributed by atoms with Gasteiger partial charge in [-0.15, -0.1) is 11.3 Å². The van der Waals surface area contributed by atoms with Gasteiger partial charge in [0.15, 0.2) is 5.13 Å². The van der Waals surface area contributed by atoms with E-state index in [-0.39, 0.29) is 11.8 Å². The quantitative estimate of drug-likeness (QED) is 0.862. The summed E-state index contributed by atoms with van der Waals surface area (Å²) < 4.78 is 5.42. The number of hydrogen-bond donors (Lipinski definition) is 1. The Balaban J connectivity index is 1.37. The molecule has 3 heterocycles. The van der Waals surface area contributed by atoms with Crippen LogP contribution in [0, 0.1) is 19.8 Å². The Kier molecular flexibility index (Phi) is 5.36. The first-order chi connectivity index (χ1) is 13.1. The van der Waals surface area contributed by atoms with Crippen molar-refractivity contribution >= 4 is 22.4 Å². The molecule has 1 amide bonds. The van der Waals surface area contributed by atoms with Crippen molar-refractivity contribution in [2.75, 3.05) is 31.2 Å². The van der Waals surface area contributed by atoms with Crippen LogP contribution in [0.3, 0.4) is 0 Å². The first-order valence-corrected chi connectivity index (χ1v) is 10.3. The third-order valence-electron chi connectivity index (χ3n) is 5.03. The summed E-state index contributed by atoms with van der Waals surface area (Å²) in [4.78, 5) is 29.9. The van der Waals surface area contributed by atoms with E-state index < -0.39 is 0 Å². The Morgan fingerprint density at radius 1 is 1.26 bits per heavy atom. The fourth-order valence-corrected chi connectivity index (χ4v) is 4.82. The number of hydrogen-bond acceptors (Lipinski definition) is 7. The summed E-state index contributed by atoms with van der Waals surface area (Å²) in [6.07, 6.45) is 2.52. The predicted molar refractivity (Wildman–Crippen MR) is 104 cm³/mol. The molecule has 8 heteroatoms. The van der Waals surface area contributed by atoms with E-state index in [9.17, 15) is 4.79 Å². The Bertz CT molecular complexity index is 811. The highest BCUT2D eigenvalue weighted by molar-refractivity contribution is 7.15. The van der Waals surface area contributed by atoms with Crippen LogP contribution < -0.4 is 10.2 Å². The minimum Gasteiger partial charge on any atom is -0.378 e. The Labute approximate surface area is 163 Å². The molecule has 0 spiro atoms. The molecule has 2 aliphatic rings. The molecule has 144 valence electrons. The van der Waals surface area contributed by atoms with Crippen molar-refractivity contribution < 1.29 is 9.53 Å². The molecule has 1 N–H and O–H groups in total.